The van der Waals surface area contributed by atoms with Gasteiger partial charge in [0, 0.05) is 18.7 Å². The minimum atomic E-state index is -0.600. The fraction of sp³-hybridized carbons (Fsp3) is 0.214. The molecule has 0 radical (unpaired) electrons. The molecular formula is C28H24ClNO5. The fourth-order valence-electron chi connectivity index (χ4n) is 4.39. The number of hydrogen-bond donors (Lipinski definition) is 0. The maximum absolute atomic E-state index is 13.6. The Balaban J connectivity index is 1.54. The van der Waals surface area contributed by atoms with Crippen molar-refractivity contribution in [3.8, 4) is 5.75 Å². The molecule has 0 saturated carbocycles. The van der Waals surface area contributed by atoms with Crippen LogP contribution in [-0.2, 0) is 11.3 Å². The third-order valence-electron chi connectivity index (χ3n) is 6.23. The largest absolute Gasteiger partial charge is 0.489 e. The lowest BCUT2D eigenvalue weighted by Gasteiger charge is -2.25. The average Bonchev–Trinajstić information content (AvgIpc) is 3.15. The topological polar surface area (TPSA) is 69.0 Å². The summed E-state index contributed by atoms with van der Waals surface area (Å²) in [4.78, 5) is 28.6. The Bertz CT molecular complexity index is 1450. The lowest BCUT2D eigenvalue weighted by atomic mass is 9.98. The number of nitrogens with zero attached hydrogens (tertiary/aromatic N) is 1. The molecule has 0 saturated heterocycles. The van der Waals surface area contributed by atoms with E-state index in [0.29, 0.717) is 47.1 Å². The number of amides is 1. The number of rotatable bonds is 7. The van der Waals surface area contributed by atoms with Gasteiger partial charge in [-0.1, -0.05) is 54.1 Å². The highest BCUT2D eigenvalue weighted by Gasteiger charge is 2.42. The molecule has 35 heavy (non-hydrogen) atoms. The van der Waals surface area contributed by atoms with Gasteiger partial charge in [-0.25, -0.2) is 0 Å². The molecule has 1 amide bonds. The van der Waals surface area contributed by atoms with Gasteiger partial charge in [-0.3, -0.25) is 9.59 Å². The summed E-state index contributed by atoms with van der Waals surface area (Å²) in [7, 11) is 1.57. The van der Waals surface area contributed by atoms with Crippen molar-refractivity contribution in [1.29, 1.82) is 0 Å². The van der Waals surface area contributed by atoms with E-state index in [4.69, 9.17) is 25.5 Å². The van der Waals surface area contributed by atoms with Crippen molar-refractivity contribution in [2.45, 2.75) is 19.6 Å². The molecule has 1 aliphatic rings. The van der Waals surface area contributed by atoms with Crippen molar-refractivity contribution in [3.05, 3.63) is 110 Å². The smallest absolute Gasteiger partial charge is 0.290 e. The van der Waals surface area contributed by atoms with Crippen LogP contribution in [0.2, 0.25) is 5.02 Å². The Labute approximate surface area is 207 Å². The Hall–Kier alpha value is -3.61. The predicted octanol–water partition coefficient (Wildman–Crippen LogP) is 5.53. The van der Waals surface area contributed by atoms with Gasteiger partial charge >= 0.3 is 0 Å². The maximum atomic E-state index is 13.6. The molecule has 7 heteroatoms. The Morgan fingerprint density at radius 2 is 1.77 bits per heavy atom. The zero-order valence-electron chi connectivity index (χ0n) is 19.4. The van der Waals surface area contributed by atoms with Gasteiger partial charge in [0.2, 0.25) is 5.76 Å². The summed E-state index contributed by atoms with van der Waals surface area (Å²) in [5.74, 6) is 0.422. The van der Waals surface area contributed by atoms with E-state index in [9.17, 15) is 9.59 Å². The van der Waals surface area contributed by atoms with Gasteiger partial charge in [-0.2, -0.15) is 0 Å². The van der Waals surface area contributed by atoms with E-state index in [0.717, 1.165) is 16.7 Å². The van der Waals surface area contributed by atoms with Crippen LogP contribution in [0.15, 0.2) is 75.9 Å². The van der Waals surface area contributed by atoms with E-state index >= 15 is 0 Å². The standard InChI is InChI=1S/C28H24ClNO5/c1-17-14-23-21(15-22(17)29)26(31)24-25(30(12-13-33-2)28(32)27(24)35-23)19-8-10-20(11-9-19)34-16-18-6-4-3-5-7-18/h3-11,14-15,25H,12-13,16H2,1-2H3. The quantitative estimate of drug-likeness (QED) is 0.341. The number of ether oxygens (including phenoxy) is 2. The zero-order valence-corrected chi connectivity index (χ0v) is 20.2. The summed E-state index contributed by atoms with van der Waals surface area (Å²) >= 11 is 6.29. The van der Waals surface area contributed by atoms with Crippen LogP contribution in [0.3, 0.4) is 0 Å². The number of methoxy groups -OCH3 is 1. The van der Waals surface area contributed by atoms with Crippen LogP contribution in [-0.4, -0.2) is 31.1 Å². The molecule has 5 rings (SSSR count). The first-order valence-corrected chi connectivity index (χ1v) is 11.7. The molecule has 178 valence electrons. The number of hydrogen-bond acceptors (Lipinski definition) is 5. The molecule has 0 fully saturated rings. The van der Waals surface area contributed by atoms with Crippen molar-refractivity contribution >= 4 is 28.5 Å². The van der Waals surface area contributed by atoms with E-state index in [-0.39, 0.29) is 17.1 Å². The molecule has 1 atom stereocenters. The van der Waals surface area contributed by atoms with Crippen LogP contribution in [0, 0.1) is 6.92 Å². The van der Waals surface area contributed by atoms with Gasteiger partial charge in [-0.05, 0) is 47.9 Å². The highest BCUT2D eigenvalue weighted by atomic mass is 35.5. The van der Waals surface area contributed by atoms with Crippen LogP contribution in [0.1, 0.15) is 38.9 Å². The van der Waals surface area contributed by atoms with E-state index in [1.807, 2.05) is 61.5 Å². The third-order valence-corrected chi connectivity index (χ3v) is 6.63. The monoisotopic (exact) mass is 489 g/mol. The molecule has 1 unspecified atom stereocenters. The first-order chi connectivity index (χ1) is 17.0. The molecule has 0 bridgehead atoms. The Kier molecular flexibility index (Phi) is 6.32. The van der Waals surface area contributed by atoms with Gasteiger partial charge in [0.1, 0.15) is 17.9 Å². The fourth-order valence-corrected chi connectivity index (χ4v) is 4.56. The maximum Gasteiger partial charge on any atom is 0.290 e. The van der Waals surface area contributed by atoms with Crippen LogP contribution in [0.25, 0.3) is 11.0 Å². The Morgan fingerprint density at radius 3 is 2.49 bits per heavy atom. The van der Waals surface area contributed by atoms with E-state index in [1.165, 1.54) is 0 Å². The minimum Gasteiger partial charge on any atom is -0.489 e. The van der Waals surface area contributed by atoms with E-state index in [2.05, 4.69) is 0 Å². The second-order valence-corrected chi connectivity index (χ2v) is 8.92. The summed E-state index contributed by atoms with van der Waals surface area (Å²) in [5.41, 5.74) is 3.02. The highest BCUT2D eigenvalue weighted by molar-refractivity contribution is 6.32. The molecule has 3 aromatic carbocycles. The number of benzene rings is 3. The number of carbonyl (C=O) groups excluding carboxylic acids is 1. The first kappa shape index (κ1) is 23.1. The summed E-state index contributed by atoms with van der Waals surface area (Å²) in [5, 5.41) is 0.829. The number of fused-ring (bicyclic) bond motifs is 2. The number of carbonyl (C=O) groups is 1. The van der Waals surface area contributed by atoms with Crippen LogP contribution in [0.5, 0.6) is 5.75 Å². The summed E-state index contributed by atoms with van der Waals surface area (Å²) in [6, 6.07) is 20.0. The molecule has 0 spiro atoms. The molecule has 0 N–H and O–H groups in total. The van der Waals surface area contributed by atoms with E-state index < -0.39 is 6.04 Å². The second kappa shape index (κ2) is 9.56. The van der Waals surface area contributed by atoms with Crippen molar-refractivity contribution in [2.75, 3.05) is 20.3 Å². The van der Waals surface area contributed by atoms with Crippen LogP contribution in [0.4, 0.5) is 0 Å². The van der Waals surface area contributed by atoms with Crippen molar-refractivity contribution in [3.63, 3.8) is 0 Å². The van der Waals surface area contributed by atoms with Crippen molar-refractivity contribution < 1.29 is 18.7 Å². The van der Waals surface area contributed by atoms with Gasteiger partial charge in [0.15, 0.2) is 5.43 Å². The summed E-state index contributed by atoms with van der Waals surface area (Å²) < 4.78 is 17.1. The molecule has 6 nitrogen and oxygen atoms in total. The van der Waals surface area contributed by atoms with Crippen molar-refractivity contribution in [2.24, 2.45) is 0 Å². The van der Waals surface area contributed by atoms with Gasteiger partial charge in [-0.15, -0.1) is 0 Å². The molecular weight excluding hydrogens is 466 g/mol. The lowest BCUT2D eigenvalue weighted by Crippen LogP contribution is -2.32. The van der Waals surface area contributed by atoms with Gasteiger partial charge in [0.05, 0.1) is 23.6 Å². The van der Waals surface area contributed by atoms with Crippen LogP contribution < -0.4 is 10.2 Å². The molecule has 4 aromatic rings. The first-order valence-electron chi connectivity index (χ1n) is 11.3. The minimum absolute atomic E-state index is 0.0646. The van der Waals surface area contributed by atoms with Crippen LogP contribution >= 0.6 is 11.6 Å². The van der Waals surface area contributed by atoms with Gasteiger partial charge < -0.3 is 18.8 Å². The molecule has 1 aromatic heterocycles. The second-order valence-electron chi connectivity index (χ2n) is 8.51. The lowest BCUT2D eigenvalue weighted by molar-refractivity contribution is 0.0663. The summed E-state index contributed by atoms with van der Waals surface area (Å²) in [6.45, 7) is 2.91. The van der Waals surface area contributed by atoms with Crippen molar-refractivity contribution in [1.82, 2.24) is 4.90 Å². The predicted molar refractivity (Wildman–Crippen MR) is 134 cm³/mol. The SMILES string of the molecule is COCCN1C(=O)c2oc3cc(C)c(Cl)cc3c(=O)c2C1c1ccc(OCc2ccccc2)cc1. The highest BCUT2D eigenvalue weighted by Crippen LogP contribution is 2.39. The van der Waals surface area contributed by atoms with E-state index in [1.54, 1.807) is 24.1 Å². The Morgan fingerprint density at radius 1 is 1.03 bits per heavy atom. The van der Waals surface area contributed by atoms with Gasteiger partial charge in [0.25, 0.3) is 5.91 Å². The molecule has 1 aliphatic heterocycles. The molecule has 0 aliphatic carbocycles. The molecule has 2 heterocycles. The number of halogens is 1. The zero-order chi connectivity index (χ0) is 24.5. The normalized spacial score (nSPS) is 15.0. The third kappa shape index (κ3) is 4.31. The average molecular weight is 490 g/mol. The number of aryl methyl sites for hydroxylation is 1. The summed E-state index contributed by atoms with van der Waals surface area (Å²) in [6.07, 6.45) is 0.